The van der Waals surface area contributed by atoms with Crippen molar-refractivity contribution >= 4 is 22.5 Å². The standard InChI is InChI=1S/C17H12F2N2O2/c18-17(19)23-13-8-6-12(7-9-13)20-16(22)15-10-5-11-3-1-2-4-14(11)21-15/h1-10,17H,(H,20,22). The molecular formula is C17H12F2N2O2. The van der Waals surface area contributed by atoms with E-state index in [-0.39, 0.29) is 17.4 Å². The minimum atomic E-state index is -2.88. The van der Waals surface area contributed by atoms with Gasteiger partial charge in [-0.25, -0.2) is 4.98 Å². The summed E-state index contributed by atoms with van der Waals surface area (Å²) >= 11 is 0. The number of rotatable bonds is 4. The second-order valence-corrected chi connectivity index (χ2v) is 4.75. The Balaban J connectivity index is 1.74. The molecule has 0 aliphatic rings. The Hall–Kier alpha value is -3.02. The van der Waals surface area contributed by atoms with Gasteiger partial charge >= 0.3 is 6.61 Å². The van der Waals surface area contributed by atoms with Crippen molar-refractivity contribution in [2.24, 2.45) is 0 Å². The Labute approximate surface area is 130 Å². The molecule has 3 rings (SSSR count). The molecule has 6 heteroatoms. The molecule has 0 saturated carbocycles. The van der Waals surface area contributed by atoms with E-state index in [1.807, 2.05) is 30.3 Å². The number of carbonyl (C=O) groups is 1. The van der Waals surface area contributed by atoms with Crippen LogP contribution in [0.15, 0.2) is 60.7 Å². The average Bonchev–Trinajstić information content (AvgIpc) is 2.55. The van der Waals surface area contributed by atoms with Gasteiger partial charge in [0.25, 0.3) is 5.91 Å². The van der Waals surface area contributed by atoms with Gasteiger partial charge in [0.2, 0.25) is 0 Å². The molecule has 1 amide bonds. The molecule has 0 fully saturated rings. The van der Waals surface area contributed by atoms with E-state index in [4.69, 9.17) is 0 Å². The highest BCUT2D eigenvalue weighted by atomic mass is 19.3. The van der Waals surface area contributed by atoms with E-state index in [2.05, 4.69) is 15.0 Å². The number of carbonyl (C=O) groups excluding carboxylic acids is 1. The average molecular weight is 314 g/mol. The predicted octanol–water partition coefficient (Wildman–Crippen LogP) is 4.09. The van der Waals surface area contributed by atoms with E-state index in [1.54, 1.807) is 6.07 Å². The molecule has 0 spiro atoms. The van der Waals surface area contributed by atoms with Crippen molar-refractivity contribution in [3.63, 3.8) is 0 Å². The van der Waals surface area contributed by atoms with Crippen molar-refractivity contribution in [1.29, 1.82) is 0 Å². The maximum absolute atomic E-state index is 12.2. The molecule has 3 aromatic rings. The van der Waals surface area contributed by atoms with Crippen LogP contribution in [-0.4, -0.2) is 17.5 Å². The van der Waals surface area contributed by atoms with Crippen LogP contribution in [-0.2, 0) is 0 Å². The first-order valence-corrected chi connectivity index (χ1v) is 6.84. The molecule has 0 bridgehead atoms. The molecule has 0 aliphatic carbocycles. The molecule has 0 saturated heterocycles. The first-order chi connectivity index (χ1) is 11.1. The number of benzene rings is 2. The Kier molecular flexibility index (Phi) is 4.14. The van der Waals surface area contributed by atoms with Crippen LogP contribution in [0.1, 0.15) is 10.5 Å². The smallest absolute Gasteiger partial charge is 0.387 e. The van der Waals surface area contributed by atoms with Crippen molar-refractivity contribution in [3.8, 4) is 5.75 Å². The molecule has 0 unspecified atom stereocenters. The summed E-state index contributed by atoms with van der Waals surface area (Å²) in [6.07, 6.45) is 0. The number of nitrogens with one attached hydrogen (secondary N) is 1. The molecule has 2 aromatic carbocycles. The highest BCUT2D eigenvalue weighted by molar-refractivity contribution is 6.04. The number of pyridine rings is 1. The van der Waals surface area contributed by atoms with Crippen molar-refractivity contribution in [2.45, 2.75) is 6.61 Å². The van der Waals surface area contributed by atoms with Crippen molar-refractivity contribution in [2.75, 3.05) is 5.32 Å². The molecule has 23 heavy (non-hydrogen) atoms. The molecular weight excluding hydrogens is 302 g/mol. The zero-order chi connectivity index (χ0) is 16.2. The largest absolute Gasteiger partial charge is 0.435 e. The fourth-order valence-electron chi connectivity index (χ4n) is 2.11. The predicted molar refractivity (Wildman–Crippen MR) is 82.8 cm³/mol. The zero-order valence-corrected chi connectivity index (χ0v) is 11.9. The first-order valence-electron chi connectivity index (χ1n) is 6.84. The fourth-order valence-corrected chi connectivity index (χ4v) is 2.11. The van der Waals surface area contributed by atoms with Crippen LogP contribution in [0.5, 0.6) is 5.75 Å². The van der Waals surface area contributed by atoms with Gasteiger partial charge in [-0.05, 0) is 36.4 Å². The molecule has 0 aliphatic heterocycles. The Bertz CT molecular complexity index is 835. The summed E-state index contributed by atoms with van der Waals surface area (Å²) in [7, 11) is 0. The maximum Gasteiger partial charge on any atom is 0.387 e. The molecule has 1 N–H and O–H groups in total. The Morgan fingerprint density at radius 3 is 2.48 bits per heavy atom. The molecule has 4 nitrogen and oxygen atoms in total. The number of halogens is 2. The van der Waals surface area contributed by atoms with Crippen LogP contribution < -0.4 is 10.1 Å². The number of hydrogen-bond acceptors (Lipinski definition) is 3. The summed E-state index contributed by atoms with van der Waals surface area (Å²) in [6, 6.07) is 16.6. The quantitative estimate of drug-likeness (QED) is 0.789. The number of anilines is 1. The van der Waals surface area contributed by atoms with Crippen molar-refractivity contribution in [1.82, 2.24) is 4.98 Å². The number of fused-ring (bicyclic) bond motifs is 1. The van der Waals surface area contributed by atoms with Gasteiger partial charge in [-0.2, -0.15) is 8.78 Å². The van der Waals surface area contributed by atoms with Gasteiger partial charge in [-0.1, -0.05) is 24.3 Å². The van der Waals surface area contributed by atoms with Gasteiger partial charge in [0.1, 0.15) is 11.4 Å². The normalized spacial score (nSPS) is 10.7. The van der Waals surface area contributed by atoms with Crippen molar-refractivity contribution in [3.05, 3.63) is 66.4 Å². The summed E-state index contributed by atoms with van der Waals surface area (Å²) in [6.45, 7) is -2.88. The monoisotopic (exact) mass is 314 g/mol. The third kappa shape index (κ3) is 3.60. The molecule has 1 heterocycles. The van der Waals surface area contributed by atoms with Crippen LogP contribution in [0, 0.1) is 0 Å². The zero-order valence-electron chi connectivity index (χ0n) is 11.9. The third-order valence-electron chi connectivity index (χ3n) is 3.17. The second kappa shape index (κ2) is 6.39. The highest BCUT2D eigenvalue weighted by Crippen LogP contribution is 2.18. The highest BCUT2D eigenvalue weighted by Gasteiger charge is 2.09. The van der Waals surface area contributed by atoms with E-state index in [9.17, 15) is 13.6 Å². The summed E-state index contributed by atoms with van der Waals surface area (Å²) in [5, 5.41) is 3.60. The number of para-hydroxylation sites is 1. The lowest BCUT2D eigenvalue weighted by atomic mass is 10.2. The summed E-state index contributed by atoms with van der Waals surface area (Å²) in [4.78, 5) is 16.5. The lowest BCUT2D eigenvalue weighted by molar-refractivity contribution is -0.0498. The summed E-state index contributed by atoms with van der Waals surface area (Å²) in [5.74, 6) is -0.347. The van der Waals surface area contributed by atoms with Crippen LogP contribution in [0.25, 0.3) is 10.9 Å². The van der Waals surface area contributed by atoms with Gasteiger partial charge in [0.05, 0.1) is 5.52 Å². The van der Waals surface area contributed by atoms with Gasteiger partial charge in [-0.15, -0.1) is 0 Å². The Morgan fingerprint density at radius 1 is 1.00 bits per heavy atom. The van der Waals surface area contributed by atoms with E-state index in [0.717, 1.165) is 10.9 Å². The van der Waals surface area contributed by atoms with Gasteiger partial charge in [-0.3, -0.25) is 4.79 Å². The van der Waals surface area contributed by atoms with Crippen LogP contribution in [0.2, 0.25) is 0 Å². The fraction of sp³-hybridized carbons (Fsp3) is 0.0588. The van der Waals surface area contributed by atoms with Crippen LogP contribution in [0.3, 0.4) is 0 Å². The number of aromatic nitrogens is 1. The lowest BCUT2D eigenvalue weighted by Gasteiger charge is -2.07. The maximum atomic E-state index is 12.2. The first kappa shape index (κ1) is 14.9. The number of amides is 1. The number of alkyl halides is 2. The van der Waals surface area contributed by atoms with Gasteiger partial charge < -0.3 is 10.1 Å². The molecule has 116 valence electrons. The van der Waals surface area contributed by atoms with Crippen LogP contribution >= 0.6 is 0 Å². The second-order valence-electron chi connectivity index (χ2n) is 4.75. The van der Waals surface area contributed by atoms with Crippen molar-refractivity contribution < 1.29 is 18.3 Å². The third-order valence-corrected chi connectivity index (χ3v) is 3.17. The molecule has 0 radical (unpaired) electrons. The van der Waals surface area contributed by atoms with Crippen LogP contribution in [0.4, 0.5) is 14.5 Å². The van der Waals surface area contributed by atoms with Gasteiger partial charge in [0, 0.05) is 11.1 Å². The van der Waals surface area contributed by atoms with E-state index in [0.29, 0.717) is 5.69 Å². The minimum absolute atomic E-state index is 0.0295. The topological polar surface area (TPSA) is 51.2 Å². The number of nitrogens with zero attached hydrogens (tertiary/aromatic N) is 1. The molecule has 1 aromatic heterocycles. The lowest BCUT2D eigenvalue weighted by Crippen LogP contribution is -2.13. The van der Waals surface area contributed by atoms with E-state index < -0.39 is 6.61 Å². The Morgan fingerprint density at radius 2 is 1.74 bits per heavy atom. The summed E-state index contributed by atoms with van der Waals surface area (Å²) < 4.78 is 28.4. The SMILES string of the molecule is O=C(Nc1ccc(OC(F)F)cc1)c1ccc2ccccc2n1. The number of ether oxygens (including phenoxy) is 1. The minimum Gasteiger partial charge on any atom is -0.435 e. The summed E-state index contributed by atoms with van der Waals surface area (Å²) in [5.41, 5.74) is 1.46. The van der Waals surface area contributed by atoms with E-state index >= 15 is 0 Å². The van der Waals surface area contributed by atoms with E-state index in [1.165, 1.54) is 24.3 Å². The molecule has 0 atom stereocenters. The number of hydrogen-bond donors (Lipinski definition) is 1. The van der Waals surface area contributed by atoms with Gasteiger partial charge in [0.15, 0.2) is 0 Å².